The van der Waals surface area contributed by atoms with Crippen LogP contribution in [-0.2, 0) is 4.79 Å². The number of hydrogen-bond donors (Lipinski definition) is 1. The Morgan fingerprint density at radius 2 is 2.24 bits per heavy atom. The van der Waals surface area contributed by atoms with Gasteiger partial charge in [-0.05, 0) is 36.5 Å². The number of benzene rings is 1. The van der Waals surface area contributed by atoms with Crippen molar-refractivity contribution in [2.24, 2.45) is 11.1 Å². The Morgan fingerprint density at radius 3 is 2.90 bits per heavy atom. The van der Waals surface area contributed by atoms with Crippen LogP contribution in [0.5, 0.6) is 5.75 Å². The third-order valence-corrected chi connectivity index (χ3v) is 4.24. The Labute approximate surface area is 127 Å². The second kappa shape index (κ2) is 6.48. The molecule has 1 aromatic rings. The molecule has 2 N–H and O–H groups in total. The molecule has 1 amide bonds. The van der Waals surface area contributed by atoms with Crippen LogP contribution >= 0.6 is 0 Å². The number of piperidine rings is 1. The summed E-state index contributed by atoms with van der Waals surface area (Å²) in [6.07, 6.45) is 1.29. The zero-order valence-corrected chi connectivity index (χ0v) is 13.3. The summed E-state index contributed by atoms with van der Waals surface area (Å²) in [5.41, 5.74) is 7.25. The van der Waals surface area contributed by atoms with Crippen molar-refractivity contribution in [2.75, 3.05) is 19.7 Å². The first-order valence-corrected chi connectivity index (χ1v) is 7.61. The van der Waals surface area contributed by atoms with Gasteiger partial charge < -0.3 is 15.4 Å². The fourth-order valence-corrected chi connectivity index (χ4v) is 2.71. The number of aryl methyl sites for hydroxylation is 1. The number of carbonyl (C=O) groups excluding carboxylic acids is 1. The van der Waals surface area contributed by atoms with E-state index in [4.69, 9.17) is 10.5 Å². The van der Waals surface area contributed by atoms with Gasteiger partial charge in [0.25, 0.3) is 0 Å². The van der Waals surface area contributed by atoms with Crippen molar-refractivity contribution < 1.29 is 9.53 Å². The van der Waals surface area contributed by atoms with Crippen LogP contribution in [0.3, 0.4) is 0 Å². The Kier molecular flexibility index (Phi) is 4.88. The van der Waals surface area contributed by atoms with Gasteiger partial charge >= 0.3 is 0 Å². The van der Waals surface area contributed by atoms with Gasteiger partial charge in [0.2, 0.25) is 5.91 Å². The summed E-state index contributed by atoms with van der Waals surface area (Å²) in [7, 11) is 0. The first kappa shape index (κ1) is 15.8. The summed E-state index contributed by atoms with van der Waals surface area (Å²) >= 11 is 0. The van der Waals surface area contributed by atoms with Crippen LogP contribution in [-0.4, -0.2) is 36.5 Å². The van der Waals surface area contributed by atoms with Crippen LogP contribution in [0.2, 0.25) is 0 Å². The first-order valence-electron chi connectivity index (χ1n) is 7.61. The molecule has 1 heterocycles. The molecule has 0 bridgehead atoms. The van der Waals surface area contributed by atoms with E-state index < -0.39 is 0 Å². The third-order valence-electron chi connectivity index (χ3n) is 4.24. The molecule has 1 atom stereocenters. The number of nitrogens with zero attached hydrogens (tertiary/aromatic N) is 1. The number of hydrogen-bond acceptors (Lipinski definition) is 3. The summed E-state index contributed by atoms with van der Waals surface area (Å²) < 4.78 is 5.65. The Morgan fingerprint density at radius 1 is 1.48 bits per heavy atom. The van der Waals surface area contributed by atoms with Crippen molar-refractivity contribution in [3.05, 3.63) is 29.8 Å². The van der Waals surface area contributed by atoms with Gasteiger partial charge in [-0.1, -0.05) is 26.0 Å². The second-order valence-corrected chi connectivity index (χ2v) is 6.61. The minimum atomic E-state index is -0.00862. The molecule has 0 radical (unpaired) electrons. The normalized spacial score (nSPS) is 21.1. The average Bonchev–Trinajstić information content (AvgIpc) is 2.42. The fourth-order valence-electron chi connectivity index (χ4n) is 2.71. The minimum absolute atomic E-state index is 0.00862. The lowest BCUT2D eigenvalue weighted by Gasteiger charge is -2.42. The average molecular weight is 290 g/mol. The third kappa shape index (κ3) is 4.21. The van der Waals surface area contributed by atoms with E-state index in [-0.39, 0.29) is 17.4 Å². The lowest BCUT2D eigenvalue weighted by Crippen LogP contribution is -2.54. The predicted molar refractivity (Wildman–Crippen MR) is 84.2 cm³/mol. The molecular formula is C17H26N2O2. The molecule has 1 fully saturated rings. The van der Waals surface area contributed by atoms with Crippen molar-refractivity contribution in [3.63, 3.8) is 0 Å². The Balaban J connectivity index is 1.80. The van der Waals surface area contributed by atoms with Crippen molar-refractivity contribution in [3.8, 4) is 5.75 Å². The molecule has 4 heteroatoms. The van der Waals surface area contributed by atoms with Crippen molar-refractivity contribution in [2.45, 2.75) is 39.7 Å². The van der Waals surface area contributed by atoms with E-state index in [1.54, 1.807) is 0 Å². The fraction of sp³-hybridized carbons (Fsp3) is 0.588. The van der Waals surface area contributed by atoms with Crippen molar-refractivity contribution in [1.82, 2.24) is 4.90 Å². The van der Waals surface area contributed by atoms with Crippen LogP contribution in [0.25, 0.3) is 0 Å². The number of carbonyl (C=O) groups is 1. The number of amides is 1. The molecule has 1 aromatic carbocycles. The molecule has 116 valence electrons. The van der Waals surface area contributed by atoms with Crippen LogP contribution < -0.4 is 10.5 Å². The van der Waals surface area contributed by atoms with Gasteiger partial charge in [-0.2, -0.15) is 0 Å². The highest BCUT2D eigenvalue weighted by Gasteiger charge is 2.35. The standard InChI is InChI=1S/C17H26N2O2/c1-13-5-4-6-14(11-13)21-10-8-16(20)19-9-7-15(18)17(2,3)12-19/h4-6,11,15H,7-10,12,18H2,1-3H3. The quantitative estimate of drug-likeness (QED) is 0.926. The van der Waals surface area contributed by atoms with Crippen LogP contribution in [0, 0.1) is 12.3 Å². The van der Waals surface area contributed by atoms with Crippen LogP contribution in [0.4, 0.5) is 0 Å². The Hall–Kier alpha value is -1.55. The summed E-state index contributed by atoms with van der Waals surface area (Å²) in [4.78, 5) is 14.2. The molecule has 2 rings (SSSR count). The van der Waals surface area contributed by atoms with Gasteiger partial charge in [-0.3, -0.25) is 4.79 Å². The van der Waals surface area contributed by atoms with E-state index in [0.29, 0.717) is 13.0 Å². The maximum atomic E-state index is 12.3. The summed E-state index contributed by atoms with van der Waals surface area (Å²) in [5.74, 6) is 0.978. The van der Waals surface area contributed by atoms with Gasteiger partial charge in [0, 0.05) is 19.1 Å². The lowest BCUT2D eigenvalue weighted by molar-refractivity contribution is -0.135. The second-order valence-electron chi connectivity index (χ2n) is 6.61. The highest BCUT2D eigenvalue weighted by atomic mass is 16.5. The van der Waals surface area contributed by atoms with Gasteiger partial charge in [-0.25, -0.2) is 0 Å². The van der Waals surface area contributed by atoms with Gasteiger partial charge in [0.15, 0.2) is 0 Å². The van der Waals surface area contributed by atoms with Gasteiger partial charge in [-0.15, -0.1) is 0 Å². The molecule has 1 unspecified atom stereocenters. The van der Waals surface area contributed by atoms with Gasteiger partial charge in [0.05, 0.1) is 13.0 Å². The number of likely N-dealkylation sites (tertiary alicyclic amines) is 1. The van der Waals surface area contributed by atoms with E-state index in [1.807, 2.05) is 36.1 Å². The highest BCUT2D eigenvalue weighted by Crippen LogP contribution is 2.28. The maximum absolute atomic E-state index is 12.3. The van der Waals surface area contributed by atoms with E-state index in [0.717, 1.165) is 30.8 Å². The van der Waals surface area contributed by atoms with Crippen molar-refractivity contribution >= 4 is 5.91 Å². The smallest absolute Gasteiger partial charge is 0.226 e. The molecule has 1 aliphatic rings. The largest absolute Gasteiger partial charge is 0.493 e. The molecule has 1 aliphatic heterocycles. The van der Waals surface area contributed by atoms with E-state index in [9.17, 15) is 4.79 Å². The monoisotopic (exact) mass is 290 g/mol. The zero-order chi connectivity index (χ0) is 15.5. The molecule has 0 aliphatic carbocycles. The molecule has 21 heavy (non-hydrogen) atoms. The first-order chi connectivity index (χ1) is 9.88. The van der Waals surface area contributed by atoms with E-state index >= 15 is 0 Å². The van der Waals surface area contributed by atoms with Crippen LogP contribution in [0.15, 0.2) is 24.3 Å². The summed E-state index contributed by atoms with van der Waals surface area (Å²) in [5, 5.41) is 0. The van der Waals surface area contributed by atoms with Crippen molar-refractivity contribution in [1.29, 1.82) is 0 Å². The maximum Gasteiger partial charge on any atom is 0.226 e. The predicted octanol–water partition coefficient (Wildman–Crippen LogP) is 2.35. The minimum Gasteiger partial charge on any atom is -0.493 e. The molecule has 1 saturated heterocycles. The van der Waals surface area contributed by atoms with E-state index in [2.05, 4.69) is 13.8 Å². The number of nitrogens with two attached hydrogens (primary N) is 1. The van der Waals surface area contributed by atoms with Crippen LogP contribution in [0.1, 0.15) is 32.3 Å². The molecule has 4 nitrogen and oxygen atoms in total. The summed E-state index contributed by atoms with van der Waals surface area (Å²) in [6.45, 7) is 8.19. The Bertz CT molecular complexity index is 499. The summed E-state index contributed by atoms with van der Waals surface area (Å²) in [6, 6.07) is 8.05. The van der Waals surface area contributed by atoms with Gasteiger partial charge in [0.1, 0.15) is 5.75 Å². The molecular weight excluding hydrogens is 264 g/mol. The molecule has 0 saturated carbocycles. The highest BCUT2D eigenvalue weighted by molar-refractivity contribution is 5.76. The lowest BCUT2D eigenvalue weighted by atomic mass is 9.79. The zero-order valence-electron chi connectivity index (χ0n) is 13.3. The number of ether oxygens (including phenoxy) is 1. The SMILES string of the molecule is Cc1cccc(OCCC(=O)N2CCC(N)C(C)(C)C2)c1. The van der Waals surface area contributed by atoms with E-state index in [1.165, 1.54) is 0 Å². The molecule has 0 spiro atoms. The number of rotatable bonds is 4. The topological polar surface area (TPSA) is 55.6 Å². The molecule has 0 aromatic heterocycles.